The van der Waals surface area contributed by atoms with Crippen LogP contribution in [0.1, 0.15) is 10.5 Å². The van der Waals surface area contributed by atoms with Gasteiger partial charge in [0, 0.05) is 18.7 Å². The van der Waals surface area contributed by atoms with Crippen LogP contribution in [0.2, 0.25) is 0 Å². The Balaban J connectivity index is 1.75. The van der Waals surface area contributed by atoms with Gasteiger partial charge in [0.1, 0.15) is 5.69 Å². The Morgan fingerprint density at radius 2 is 2.24 bits per heavy atom. The summed E-state index contributed by atoms with van der Waals surface area (Å²) in [5.74, 6) is -0.119. The van der Waals surface area contributed by atoms with Crippen LogP contribution in [0, 0.1) is 0 Å². The van der Waals surface area contributed by atoms with Crippen LogP contribution >= 0.6 is 0 Å². The van der Waals surface area contributed by atoms with Crippen LogP contribution in [-0.4, -0.2) is 58.5 Å². The first-order chi connectivity index (χ1) is 10.3. The number of ether oxygens (including phenoxy) is 1. The molecule has 0 aliphatic carbocycles. The average molecular weight is 287 g/mol. The summed E-state index contributed by atoms with van der Waals surface area (Å²) in [6.45, 7) is 1.28. The van der Waals surface area contributed by atoms with Crippen molar-refractivity contribution in [3.8, 4) is 11.3 Å². The molecule has 1 fully saturated rings. The van der Waals surface area contributed by atoms with E-state index >= 15 is 0 Å². The maximum Gasteiger partial charge on any atom is 0.272 e. The van der Waals surface area contributed by atoms with Crippen molar-refractivity contribution < 1.29 is 14.6 Å². The quantitative estimate of drug-likeness (QED) is 0.879. The zero-order valence-corrected chi connectivity index (χ0v) is 11.5. The predicted molar refractivity (Wildman–Crippen MR) is 76.8 cm³/mol. The van der Waals surface area contributed by atoms with Gasteiger partial charge in [0.2, 0.25) is 0 Å². The van der Waals surface area contributed by atoms with Gasteiger partial charge in [-0.1, -0.05) is 30.3 Å². The summed E-state index contributed by atoms with van der Waals surface area (Å²) < 4.78 is 5.35. The number of rotatable bonds is 3. The fraction of sp³-hybridized carbons (Fsp3) is 0.333. The monoisotopic (exact) mass is 287 g/mol. The highest BCUT2D eigenvalue weighted by atomic mass is 16.5. The average Bonchev–Trinajstić information content (AvgIpc) is 3.05. The predicted octanol–water partition coefficient (Wildman–Crippen LogP) is 0.910. The van der Waals surface area contributed by atoms with Gasteiger partial charge in [0.05, 0.1) is 25.0 Å². The van der Waals surface area contributed by atoms with Gasteiger partial charge in [0.15, 0.2) is 0 Å². The van der Waals surface area contributed by atoms with E-state index in [9.17, 15) is 4.79 Å². The van der Waals surface area contributed by atoms with Crippen molar-refractivity contribution in [2.45, 2.75) is 6.10 Å². The molecule has 1 aliphatic rings. The second kappa shape index (κ2) is 6.07. The van der Waals surface area contributed by atoms with Gasteiger partial charge in [0.25, 0.3) is 5.91 Å². The molecule has 0 radical (unpaired) electrons. The number of nitrogens with one attached hydrogen (secondary N) is 1. The van der Waals surface area contributed by atoms with E-state index in [2.05, 4.69) is 10.2 Å². The van der Waals surface area contributed by atoms with Crippen LogP contribution in [0.4, 0.5) is 0 Å². The van der Waals surface area contributed by atoms with Crippen LogP contribution in [0.25, 0.3) is 11.3 Å². The Morgan fingerprint density at radius 3 is 3.00 bits per heavy atom. The zero-order valence-electron chi connectivity index (χ0n) is 11.5. The van der Waals surface area contributed by atoms with Crippen molar-refractivity contribution >= 4 is 5.91 Å². The standard InChI is InChI=1S/C15H17N3O3/c19-10-12-9-18(6-7-21-12)15(20)14-8-13(16-17-14)11-4-2-1-3-5-11/h1-5,8,12,19H,6-7,9-10H2,(H,16,17). The third-order valence-electron chi connectivity index (χ3n) is 3.51. The second-order valence-corrected chi connectivity index (χ2v) is 4.96. The van der Waals surface area contributed by atoms with E-state index < -0.39 is 0 Å². The second-order valence-electron chi connectivity index (χ2n) is 4.96. The molecule has 1 saturated heterocycles. The maximum atomic E-state index is 12.4. The normalized spacial score (nSPS) is 18.7. The van der Waals surface area contributed by atoms with Gasteiger partial charge in [-0.2, -0.15) is 5.10 Å². The van der Waals surface area contributed by atoms with E-state index in [1.54, 1.807) is 11.0 Å². The van der Waals surface area contributed by atoms with Gasteiger partial charge in [-0.25, -0.2) is 0 Å². The lowest BCUT2D eigenvalue weighted by Gasteiger charge is -2.31. The number of benzene rings is 1. The van der Waals surface area contributed by atoms with E-state index in [4.69, 9.17) is 9.84 Å². The molecule has 2 N–H and O–H groups in total. The van der Waals surface area contributed by atoms with Gasteiger partial charge < -0.3 is 14.7 Å². The zero-order chi connectivity index (χ0) is 14.7. The van der Waals surface area contributed by atoms with Gasteiger partial charge in [-0.15, -0.1) is 0 Å². The van der Waals surface area contributed by atoms with Crippen molar-refractivity contribution in [1.82, 2.24) is 15.1 Å². The van der Waals surface area contributed by atoms with Crippen molar-refractivity contribution in [3.63, 3.8) is 0 Å². The maximum absolute atomic E-state index is 12.4. The molecule has 1 amide bonds. The minimum atomic E-state index is -0.306. The highest BCUT2D eigenvalue weighted by molar-refractivity contribution is 5.93. The van der Waals surface area contributed by atoms with E-state index in [0.717, 1.165) is 11.3 Å². The summed E-state index contributed by atoms with van der Waals surface area (Å²) in [4.78, 5) is 14.1. The summed E-state index contributed by atoms with van der Waals surface area (Å²) in [6, 6.07) is 11.4. The Labute approximate surface area is 122 Å². The topological polar surface area (TPSA) is 78.5 Å². The molecule has 0 saturated carbocycles. The number of H-pyrrole nitrogens is 1. The molecule has 21 heavy (non-hydrogen) atoms. The molecular weight excluding hydrogens is 270 g/mol. The fourth-order valence-electron chi connectivity index (χ4n) is 2.37. The van der Waals surface area contributed by atoms with Gasteiger partial charge >= 0.3 is 0 Å². The van der Waals surface area contributed by atoms with Crippen molar-refractivity contribution in [2.75, 3.05) is 26.3 Å². The summed E-state index contributed by atoms with van der Waals surface area (Å²) in [5, 5.41) is 16.1. The molecule has 6 heteroatoms. The molecular formula is C15H17N3O3. The molecule has 3 rings (SSSR count). The van der Waals surface area contributed by atoms with Crippen molar-refractivity contribution in [2.24, 2.45) is 0 Å². The smallest absolute Gasteiger partial charge is 0.272 e. The number of aromatic amines is 1. The number of aliphatic hydroxyl groups excluding tert-OH is 1. The number of nitrogens with zero attached hydrogens (tertiary/aromatic N) is 2. The minimum Gasteiger partial charge on any atom is -0.394 e. The number of carbonyl (C=O) groups is 1. The van der Waals surface area contributed by atoms with E-state index in [-0.39, 0.29) is 18.6 Å². The lowest BCUT2D eigenvalue weighted by molar-refractivity contribution is -0.0448. The minimum absolute atomic E-state index is 0.0813. The van der Waals surface area contributed by atoms with Crippen LogP contribution < -0.4 is 0 Å². The highest BCUT2D eigenvalue weighted by Gasteiger charge is 2.25. The third-order valence-corrected chi connectivity index (χ3v) is 3.51. The molecule has 1 aromatic carbocycles. The molecule has 1 aliphatic heterocycles. The fourth-order valence-corrected chi connectivity index (χ4v) is 2.37. The first-order valence-corrected chi connectivity index (χ1v) is 6.90. The number of hydrogen-bond donors (Lipinski definition) is 2. The van der Waals surface area contributed by atoms with Crippen molar-refractivity contribution in [1.29, 1.82) is 0 Å². The van der Waals surface area contributed by atoms with Gasteiger partial charge in [-0.05, 0) is 6.07 Å². The van der Waals surface area contributed by atoms with Crippen LogP contribution in [-0.2, 0) is 4.74 Å². The number of morpholine rings is 1. The summed E-state index contributed by atoms with van der Waals surface area (Å²) in [5.41, 5.74) is 2.15. The first-order valence-electron chi connectivity index (χ1n) is 6.90. The molecule has 2 aromatic rings. The Morgan fingerprint density at radius 1 is 1.43 bits per heavy atom. The van der Waals surface area contributed by atoms with Gasteiger partial charge in [-0.3, -0.25) is 9.89 Å². The first kappa shape index (κ1) is 13.8. The molecule has 1 unspecified atom stereocenters. The summed E-state index contributed by atoms with van der Waals surface area (Å²) in [6.07, 6.45) is -0.306. The number of hydrogen-bond acceptors (Lipinski definition) is 4. The largest absolute Gasteiger partial charge is 0.394 e. The third kappa shape index (κ3) is 2.96. The molecule has 110 valence electrons. The molecule has 1 atom stereocenters. The summed E-state index contributed by atoms with van der Waals surface area (Å²) in [7, 11) is 0. The molecule has 0 spiro atoms. The van der Waals surface area contributed by atoms with Crippen LogP contribution in [0.5, 0.6) is 0 Å². The lowest BCUT2D eigenvalue weighted by Crippen LogP contribution is -2.47. The molecule has 6 nitrogen and oxygen atoms in total. The number of amides is 1. The number of aromatic nitrogens is 2. The van der Waals surface area contributed by atoms with Crippen LogP contribution in [0.15, 0.2) is 36.4 Å². The Hall–Kier alpha value is -2.18. The van der Waals surface area contributed by atoms with E-state index in [1.165, 1.54) is 0 Å². The number of carbonyl (C=O) groups excluding carboxylic acids is 1. The SMILES string of the molecule is O=C(c1cc(-c2ccccc2)n[nH]1)N1CCOC(CO)C1. The Bertz CT molecular complexity index is 612. The molecule has 2 heterocycles. The summed E-state index contributed by atoms with van der Waals surface area (Å²) >= 11 is 0. The van der Waals surface area contributed by atoms with E-state index in [0.29, 0.717) is 25.4 Å². The molecule has 0 bridgehead atoms. The highest BCUT2D eigenvalue weighted by Crippen LogP contribution is 2.18. The lowest BCUT2D eigenvalue weighted by atomic mass is 10.1. The Kier molecular flexibility index (Phi) is 3.98. The number of aliphatic hydroxyl groups is 1. The van der Waals surface area contributed by atoms with Crippen molar-refractivity contribution in [3.05, 3.63) is 42.1 Å². The molecule has 1 aromatic heterocycles. The van der Waals surface area contributed by atoms with E-state index in [1.807, 2.05) is 30.3 Å². The van der Waals surface area contributed by atoms with Crippen LogP contribution in [0.3, 0.4) is 0 Å².